The van der Waals surface area contributed by atoms with Crippen LogP contribution in [0.3, 0.4) is 0 Å². The molecule has 0 aromatic heterocycles. The van der Waals surface area contributed by atoms with Crippen LogP contribution in [0.1, 0.15) is 69.8 Å². The normalized spacial score (nSPS) is 27.4. The van der Waals surface area contributed by atoms with Gasteiger partial charge in [0.05, 0.1) is 0 Å². The van der Waals surface area contributed by atoms with Gasteiger partial charge in [-0.25, -0.2) is 13.2 Å². The first-order chi connectivity index (χ1) is 13.5. The summed E-state index contributed by atoms with van der Waals surface area (Å²) in [4.78, 5) is 0. The fourth-order valence-electron chi connectivity index (χ4n) is 5.63. The summed E-state index contributed by atoms with van der Waals surface area (Å²) >= 11 is 0. The van der Waals surface area contributed by atoms with Crippen molar-refractivity contribution in [2.75, 3.05) is 0 Å². The lowest BCUT2D eigenvalue weighted by Gasteiger charge is -2.42. The number of fused-ring (bicyclic) bond motifs is 1. The molecule has 0 spiro atoms. The van der Waals surface area contributed by atoms with Crippen LogP contribution in [0.4, 0.5) is 13.2 Å². The van der Waals surface area contributed by atoms with E-state index < -0.39 is 17.5 Å². The van der Waals surface area contributed by atoms with Crippen LogP contribution < -0.4 is 0 Å². The smallest absolute Gasteiger partial charge is 0.194 e. The van der Waals surface area contributed by atoms with Gasteiger partial charge in [0.15, 0.2) is 17.5 Å². The number of benzene rings is 2. The summed E-state index contributed by atoms with van der Waals surface area (Å²) in [6, 6.07) is 10.1. The molecular weight excluding hydrogens is 357 g/mol. The molecule has 0 amide bonds. The molecule has 0 N–H and O–H groups in total. The molecule has 0 saturated heterocycles. The van der Waals surface area contributed by atoms with E-state index in [9.17, 15) is 13.2 Å². The van der Waals surface area contributed by atoms with Crippen LogP contribution >= 0.6 is 0 Å². The first kappa shape index (κ1) is 19.5. The number of halogens is 3. The molecule has 1 unspecified atom stereocenters. The molecular formula is C25H29F3. The Morgan fingerprint density at radius 2 is 1.43 bits per heavy atom. The van der Waals surface area contributed by atoms with Crippen LogP contribution in [0.2, 0.25) is 0 Å². The van der Waals surface area contributed by atoms with E-state index in [-0.39, 0.29) is 0 Å². The van der Waals surface area contributed by atoms with Gasteiger partial charge in [-0.15, -0.1) is 0 Å². The van der Waals surface area contributed by atoms with Gasteiger partial charge in [-0.3, -0.25) is 0 Å². The van der Waals surface area contributed by atoms with E-state index in [1.54, 1.807) is 0 Å². The Morgan fingerprint density at radius 3 is 2.11 bits per heavy atom. The van der Waals surface area contributed by atoms with Crippen LogP contribution in [0, 0.1) is 35.2 Å². The van der Waals surface area contributed by atoms with Crippen molar-refractivity contribution in [1.29, 1.82) is 0 Å². The predicted octanol–water partition coefficient (Wildman–Crippen LogP) is 7.87. The zero-order valence-electron chi connectivity index (χ0n) is 16.6. The van der Waals surface area contributed by atoms with E-state index in [4.69, 9.17) is 0 Å². The lowest BCUT2D eigenvalue weighted by Crippen LogP contribution is -2.30. The molecule has 0 radical (unpaired) electrons. The maximum Gasteiger partial charge on any atom is 0.194 e. The minimum absolute atomic E-state index is 0.376. The van der Waals surface area contributed by atoms with Crippen LogP contribution in [0.15, 0.2) is 36.4 Å². The summed E-state index contributed by atoms with van der Waals surface area (Å²) in [6.45, 7) is 2.29. The van der Waals surface area contributed by atoms with Gasteiger partial charge < -0.3 is 0 Å². The molecule has 3 heteroatoms. The highest BCUT2D eigenvalue weighted by Crippen LogP contribution is 2.48. The standard InChI is InChI=1S/C25H29F3/c1-2-3-16-4-5-21-13-20(11-10-19(21)12-16)17-6-8-18(9-7-17)22-14-23(26)25(28)24(27)15-22/h6-9,14-16,19-21H,2-5,10-13H2,1H3/t16?,19-,20-,21-/m1/s1. The summed E-state index contributed by atoms with van der Waals surface area (Å²) in [5.74, 6) is -0.408. The van der Waals surface area contributed by atoms with Crippen LogP contribution in [-0.2, 0) is 0 Å². The second-order valence-corrected chi connectivity index (χ2v) is 8.87. The average Bonchev–Trinajstić information content (AvgIpc) is 2.71. The van der Waals surface area contributed by atoms with Gasteiger partial charge in [0.1, 0.15) is 0 Å². The molecule has 28 heavy (non-hydrogen) atoms. The Kier molecular flexibility index (Phi) is 5.80. The third-order valence-electron chi connectivity index (χ3n) is 7.12. The van der Waals surface area contributed by atoms with Gasteiger partial charge in [-0.1, -0.05) is 50.5 Å². The van der Waals surface area contributed by atoms with Gasteiger partial charge in [0.25, 0.3) is 0 Å². The number of rotatable bonds is 4. The molecule has 0 nitrogen and oxygen atoms in total. The Bertz CT molecular complexity index is 788. The van der Waals surface area contributed by atoms with Gasteiger partial charge in [-0.05, 0) is 84.6 Å². The third-order valence-corrected chi connectivity index (χ3v) is 7.12. The molecule has 2 aromatic rings. The molecule has 0 bridgehead atoms. The maximum atomic E-state index is 13.5. The van der Waals surface area contributed by atoms with Crippen molar-refractivity contribution < 1.29 is 13.2 Å². The lowest BCUT2D eigenvalue weighted by molar-refractivity contribution is 0.114. The van der Waals surface area contributed by atoms with E-state index in [1.165, 1.54) is 56.9 Å². The predicted molar refractivity (Wildman–Crippen MR) is 108 cm³/mol. The van der Waals surface area contributed by atoms with Crippen LogP contribution in [0.5, 0.6) is 0 Å². The number of hydrogen-bond acceptors (Lipinski definition) is 0. The van der Waals surface area contributed by atoms with Gasteiger partial charge >= 0.3 is 0 Å². The van der Waals surface area contributed by atoms with E-state index >= 15 is 0 Å². The summed E-state index contributed by atoms with van der Waals surface area (Å²) in [6.07, 6.45) is 10.7. The first-order valence-corrected chi connectivity index (χ1v) is 10.8. The molecule has 2 fully saturated rings. The monoisotopic (exact) mass is 386 g/mol. The van der Waals surface area contributed by atoms with Gasteiger partial charge in [0.2, 0.25) is 0 Å². The van der Waals surface area contributed by atoms with Crippen molar-refractivity contribution in [2.45, 2.75) is 64.2 Å². The highest BCUT2D eigenvalue weighted by molar-refractivity contribution is 5.64. The Morgan fingerprint density at radius 1 is 0.786 bits per heavy atom. The van der Waals surface area contributed by atoms with Crippen molar-refractivity contribution >= 4 is 0 Å². The molecule has 0 aliphatic heterocycles. The average molecular weight is 387 g/mol. The molecule has 2 aliphatic rings. The second kappa shape index (κ2) is 8.31. The van der Waals surface area contributed by atoms with Crippen molar-refractivity contribution in [3.8, 4) is 11.1 Å². The molecule has 4 atom stereocenters. The zero-order chi connectivity index (χ0) is 19.7. The minimum atomic E-state index is -1.41. The Hall–Kier alpha value is -1.77. The van der Waals surface area contributed by atoms with E-state index in [1.807, 2.05) is 12.1 Å². The van der Waals surface area contributed by atoms with Crippen molar-refractivity contribution in [3.63, 3.8) is 0 Å². The fraction of sp³-hybridized carbons (Fsp3) is 0.520. The second-order valence-electron chi connectivity index (χ2n) is 8.87. The molecule has 0 heterocycles. The first-order valence-electron chi connectivity index (χ1n) is 10.8. The van der Waals surface area contributed by atoms with Crippen LogP contribution in [0.25, 0.3) is 11.1 Å². The van der Waals surface area contributed by atoms with Crippen molar-refractivity contribution in [1.82, 2.24) is 0 Å². The van der Waals surface area contributed by atoms with Crippen molar-refractivity contribution in [2.24, 2.45) is 17.8 Å². The Labute approximate surface area is 166 Å². The molecule has 4 rings (SSSR count). The van der Waals surface area contributed by atoms with Gasteiger partial charge in [0, 0.05) is 0 Å². The minimum Gasteiger partial charge on any atom is -0.204 e. The topological polar surface area (TPSA) is 0 Å². The molecule has 150 valence electrons. The van der Waals surface area contributed by atoms with Gasteiger partial charge in [-0.2, -0.15) is 0 Å². The molecule has 2 aliphatic carbocycles. The van der Waals surface area contributed by atoms with E-state index in [0.717, 1.165) is 35.4 Å². The zero-order valence-corrected chi connectivity index (χ0v) is 16.6. The SMILES string of the molecule is CCCC1CC[C@@H]2C[C@H](c3ccc(-c4cc(F)c(F)c(F)c4)cc3)CC[C@@H]2C1. The lowest BCUT2D eigenvalue weighted by atomic mass is 9.63. The molecule has 2 saturated carbocycles. The number of hydrogen-bond donors (Lipinski definition) is 0. The van der Waals surface area contributed by atoms with Crippen molar-refractivity contribution in [3.05, 3.63) is 59.4 Å². The van der Waals surface area contributed by atoms with Crippen LogP contribution in [-0.4, -0.2) is 0 Å². The quantitative estimate of drug-likeness (QED) is 0.469. The largest absolute Gasteiger partial charge is 0.204 e. The fourth-order valence-corrected chi connectivity index (χ4v) is 5.63. The highest BCUT2D eigenvalue weighted by Gasteiger charge is 2.35. The summed E-state index contributed by atoms with van der Waals surface area (Å²) in [5, 5.41) is 0. The third kappa shape index (κ3) is 3.99. The van der Waals surface area contributed by atoms with E-state index in [0.29, 0.717) is 11.5 Å². The summed E-state index contributed by atoms with van der Waals surface area (Å²) < 4.78 is 40.2. The summed E-state index contributed by atoms with van der Waals surface area (Å²) in [7, 11) is 0. The Balaban J connectivity index is 1.44. The maximum absolute atomic E-state index is 13.5. The highest BCUT2D eigenvalue weighted by atomic mass is 19.2. The van der Waals surface area contributed by atoms with E-state index in [2.05, 4.69) is 19.1 Å². The molecule has 2 aromatic carbocycles. The summed E-state index contributed by atoms with van der Waals surface area (Å²) in [5.41, 5.74) is 2.41.